The zero-order chi connectivity index (χ0) is 16.5. The molecule has 2 aromatic rings. The third-order valence-corrected chi connectivity index (χ3v) is 4.53. The zero-order valence-electron chi connectivity index (χ0n) is 13.5. The van der Waals surface area contributed by atoms with Crippen LogP contribution in [0.1, 0.15) is 5.56 Å². The number of methoxy groups -OCH3 is 2. The van der Waals surface area contributed by atoms with E-state index in [1.165, 1.54) is 5.56 Å². The van der Waals surface area contributed by atoms with Gasteiger partial charge < -0.3 is 19.9 Å². The molecule has 1 atom stereocenters. The highest BCUT2D eigenvalue weighted by Gasteiger charge is 2.05. The van der Waals surface area contributed by atoms with Crippen LogP contribution in [0.4, 0.5) is 0 Å². The first-order valence-electron chi connectivity index (χ1n) is 7.50. The Bertz CT molecular complexity index is 572. The molecule has 5 heteroatoms. The van der Waals surface area contributed by atoms with Gasteiger partial charge in [-0.2, -0.15) is 0 Å². The molecule has 0 saturated heterocycles. The molecule has 2 aromatic carbocycles. The lowest BCUT2D eigenvalue weighted by molar-refractivity contribution is 0.195. The molecule has 0 heterocycles. The van der Waals surface area contributed by atoms with Gasteiger partial charge in [0.25, 0.3) is 0 Å². The fourth-order valence-electron chi connectivity index (χ4n) is 2.05. The Morgan fingerprint density at radius 3 is 2.09 bits per heavy atom. The molecule has 0 bridgehead atoms. The van der Waals surface area contributed by atoms with E-state index in [2.05, 4.69) is 5.32 Å². The quantitative estimate of drug-likeness (QED) is 0.691. The van der Waals surface area contributed by atoms with Gasteiger partial charge in [0.2, 0.25) is 0 Å². The Labute approximate surface area is 141 Å². The second-order valence-electron chi connectivity index (χ2n) is 5.12. The number of benzene rings is 2. The first-order valence-corrected chi connectivity index (χ1v) is 8.48. The second kappa shape index (κ2) is 9.45. The molecule has 0 unspecified atom stereocenters. The monoisotopic (exact) mass is 333 g/mol. The van der Waals surface area contributed by atoms with E-state index in [0.29, 0.717) is 12.3 Å². The maximum absolute atomic E-state index is 10.0. The standard InChI is InChI=1S/C18H23NO3S/c1-21-16-5-3-14(4-6-16)11-19-12-15(20)13-23-18-9-7-17(22-2)8-10-18/h3-10,15,19-20H,11-13H2,1-2H3/t15-/m1/s1. The Morgan fingerprint density at radius 2 is 1.52 bits per heavy atom. The molecular formula is C18H23NO3S. The van der Waals surface area contributed by atoms with Gasteiger partial charge in [0.15, 0.2) is 0 Å². The van der Waals surface area contributed by atoms with Gasteiger partial charge in [0.05, 0.1) is 20.3 Å². The highest BCUT2D eigenvalue weighted by molar-refractivity contribution is 7.99. The summed E-state index contributed by atoms with van der Waals surface area (Å²) in [4.78, 5) is 1.13. The van der Waals surface area contributed by atoms with Crippen molar-refractivity contribution in [1.29, 1.82) is 0 Å². The van der Waals surface area contributed by atoms with E-state index in [1.54, 1.807) is 26.0 Å². The van der Waals surface area contributed by atoms with Crippen molar-refractivity contribution >= 4 is 11.8 Å². The smallest absolute Gasteiger partial charge is 0.118 e. The van der Waals surface area contributed by atoms with Gasteiger partial charge in [-0.25, -0.2) is 0 Å². The summed E-state index contributed by atoms with van der Waals surface area (Å²) in [5.74, 6) is 2.35. The van der Waals surface area contributed by atoms with Crippen LogP contribution in [-0.2, 0) is 6.54 Å². The summed E-state index contributed by atoms with van der Waals surface area (Å²) in [5.41, 5.74) is 1.17. The number of aliphatic hydroxyl groups excluding tert-OH is 1. The van der Waals surface area contributed by atoms with E-state index in [1.807, 2.05) is 48.5 Å². The van der Waals surface area contributed by atoms with E-state index < -0.39 is 0 Å². The van der Waals surface area contributed by atoms with E-state index in [4.69, 9.17) is 9.47 Å². The van der Waals surface area contributed by atoms with Crippen molar-refractivity contribution in [3.05, 3.63) is 54.1 Å². The molecule has 2 N–H and O–H groups in total. The van der Waals surface area contributed by atoms with Crippen molar-refractivity contribution in [2.75, 3.05) is 26.5 Å². The van der Waals surface area contributed by atoms with E-state index >= 15 is 0 Å². The number of ether oxygens (including phenoxy) is 2. The lowest BCUT2D eigenvalue weighted by Gasteiger charge is -2.12. The van der Waals surface area contributed by atoms with Crippen LogP contribution < -0.4 is 14.8 Å². The first-order chi connectivity index (χ1) is 11.2. The van der Waals surface area contributed by atoms with Gasteiger partial charge in [0, 0.05) is 23.7 Å². The summed E-state index contributed by atoms with van der Waals surface area (Å²) in [6, 6.07) is 15.8. The van der Waals surface area contributed by atoms with Crippen LogP contribution in [0.5, 0.6) is 11.5 Å². The molecule has 0 spiro atoms. The van der Waals surface area contributed by atoms with Crippen molar-refractivity contribution in [3.8, 4) is 11.5 Å². The molecule has 0 aromatic heterocycles. The molecule has 23 heavy (non-hydrogen) atoms. The van der Waals surface area contributed by atoms with Crippen molar-refractivity contribution in [2.45, 2.75) is 17.5 Å². The molecule has 4 nitrogen and oxygen atoms in total. The summed E-state index contributed by atoms with van der Waals surface area (Å²) in [6.45, 7) is 1.30. The number of nitrogens with one attached hydrogen (secondary N) is 1. The summed E-state index contributed by atoms with van der Waals surface area (Å²) >= 11 is 1.64. The number of aliphatic hydroxyl groups is 1. The van der Waals surface area contributed by atoms with Crippen molar-refractivity contribution in [1.82, 2.24) is 5.32 Å². The van der Waals surface area contributed by atoms with E-state index in [9.17, 15) is 5.11 Å². The number of hydrogen-bond donors (Lipinski definition) is 2. The van der Waals surface area contributed by atoms with Crippen molar-refractivity contribution in [3.63, 3.8) is 0 Å². The summed E-state index contributed by atoms with van der Waals surface area (Å²) < 4.78 is 10.3. The third-order valence-electron chi connectivity index (χ3n) is 3.37. The predicted molar refractivity (Wildman–Crippen MR) is 94.4 cm³/mol. The summed E-state index contributed by atoms with van der Waals surface area (Å²) in [7, 11) is 3.31. The molecule has 0 aliphatic heterocycles. The molecule has 124 valence electrons. The number of thioether (sulfide) groups is 1. The third kappa shape index (κ3) is 6.14. The normalized spacial score (nSPS) is 12.0. The van der Waals surface area contributed by atoms with Crippen LogP contribution in [0.3, 0.4) is 0 Å². The second-order valence-corrected chi connectivity index (χ2v) is 6.21. The molecule has 0 aliphatic rings. The average Bonchev–Trinajstić information content (AvgIpc) is 2.61. The van der Waals surface area contributed by atoms with Gasteiger partial charge in [-0.1, -0.05) is 12.1 Å². The Kier molecular flexibility index (Phi) is 7.26. The molecule has 0 fully saturated rings. The molecule has 0 amide bonds. The molecule has 2 rings (SSSR count). The zero-order valence-corrected chi connectivity index (χ0v) is 14.3. The molecule has 0 radical (unpaired) electrons. The summed E-state index contributed by atoms with van der Waals surface area (Å²) in [5, 5.41) is 13.3. The van der Waals surface area contributed by atoms with Crippen LogP contribution in [0.15, 0.2) is 53.4 Å². The van der Waals surface area contributed by atoms with E-state index in [-0.39, 0.29) is 6.10 Å². The van der Waals surface area contributed by atoms with Gasteiger partial charge in [-0.05, 0) is 42.0 Å². The molecular weight excluding hydrogens is 310 g/mol. The van der Waals surface area contributed by atoms with Crippen LogP contribution in [-0.4, -0.2) is 37.7 Å². The van der Waals surface area contributed by atoms with Crippen LogP contribution in [0.25, 0.3) is 0 Å². The minimum absolute atomic E-state index is 0.389. The van der Waals surface area contributed by atoms with Gasteiger partial charge in [-0.15, -0.1) is 11.8 Å². The average molecular weight is 333 g/mol. The van der Waals surface area contributed by atoms with Gasteiger partial charge in [0.1, 0.15) is 11.5 Å². The van der Waals surface area contributed by atoms with Crippen molar-refractivity contribution < 1.29 is 14.6 Å². The fourth-order valence-corrected chi connectivity index (χ4v) is 2.88. The topological polar surface area (TPSA) is 50.7 Å². The lowest BCUT2D eigenvalue weighted by Crippen LogP contribution is -2.28. The van der Waals surface area contributed by atoms with E-state index in [0.717, 1.165) is 22.9 Å². The largest absolute Gasteiger partial charge is 0.497 e. The molecule has 0 aliphatic carbocycles. The Hall–Kier alpha value is -1.69. The number of rotatable bonds is 9. The first kappa shape index (κ1) is 17.7. The maximum atomic E-state index is 10.0. The number of hydrogen-bond acceptors (Lipinski definition) is 5. The van der Waals surface area contributed by atoms with Crippen LogP contribution in [0, 0.1) is 0 Å². The maximum Gasteiger partial charge on any atom is 0.118 e. The van der Waals surface area contributed by atoms with Crippen LogP contribution in [0.2, 0.25) is 0 Å². The minimum atomic E-state index is -0.389. The fraction of sp³-hybridized carbons (Fsp3) is 0.333. The highest BCUT2D eigenvalue weighted by atomic mass is 32.2. The Morgan fingerprint density at radius 1 is 0.957 bits per heavy atom. The molecule has 0 saturated carbocycles. The van der Waals surface area contributed by atoms with Gasteiger partial charge >= 0.3 is 0 Å². The summed E-state index contributed by atoms with van der Waals surface area (Å²) in [6.07, 6.45) is -0.389. The Balaban J connectivity index is 1.66. The lowest BCUT2D eigenvalue weighted by atomic mass is 10.2. The van der Waals surface area contributed by atoms with Crippen molar-refractivity contribution in [2.24, 2.45) is 0 Å². The SMILES string of the molecule is COc1ccc(CNC[C@@H](O)CSc2ccc(OC)cc2)cc1. The van der Waals surface area contributed by atoms with Gasteiger partial charge in [-0.3, -0.25) is 0 Å². The predicted octanol–water partition coefficient (Wildman–Crippen LogP) is 2.95. The minimum Gasteiger partial charge on any atom is -0.497 e. The van der Waals surface area contributed by atoms with Crippen LogP contribution >= 0.6 is 11.8 Å². The highest BCUT2D eigenvalue weighted by Crippen LogP contribution is 2.21.